The average Bonchev–Trinajstić information content (AvgIpc) is 3.18. The molecule has 0 amide bonds. The Bertz CT molecular complexity index is 922. The Morgan fingerprint density at radius 1 is 1.11 bits per heavy atom. The summed E-state index contributed by atoms with van der Waals surface area (Å²) in [6.07, 6.45) is 5.72. The van der Waals surface area contributed by atoms with Gasteiger partial charge in [0.15, 0.2) is 0 Å². The molecular weight excluding hydrogens is 338 g/mol. The zero-order valence-corrected chi connectivity index (χ0v) is 15.0. The highest BCUT2D eigenvalue weighted by Crippen LogP contribution is 2.27. The molecule has 0 spiro atoms. The van der Waals surface area contributed by atoms with Crippen molar-refractivity contribution < 1.29 is 9.15 Å². The second kappa shape index (κ2) is 8.07. The highest BCUT2D eigenvalue weighted by Gasteiger charge is 2.21. The van der Waals surface area contributed by atoms with Crippen LogP contribution in [0.4, 0.5) is 0 Å². The van der Waals surface area contributed by atoms with Crippen molar-refractivity contribution in [2.45, 2.75) is 25.5 Å². The third-order valence-electron chi connectivity index (χ3n) is 4.83. The highest BCUT2D eigenvalue weighted by molar-refractivity contribution is 5.66. The highest BCUT2D eigenvalue weighted by atomic mass is 16.5. The summed E-state index contributed by atoms with van der Waals surface area (Å²) in [5.41, 5.74) is 1.47. The molecule has 0 unspecified atom stereocenters. The van der Waals surface area contributed by atoms with E-state index in [0.717, 1.165) is 55.3 Å². The number of hydrogen-bond acceptors (Lipinski definition) is 5. The molecule has 3 aromatic rings. The Hall–Kier alpha value is -3.10. The van der Waals surface area contributed by atoms with Crippen molar-refractivity contribution in [3.05, 3.63) is 72.2 Å². The number of rotatable bonds is 5. The van der Waals surface area contributed by atoms with E-state index in [2.05, 4.69) is 16.0 Å². The predicted molar refractivity (Wildman–Crippen MR) is 102 cm³/mol. The van der Waals surface area contributed by atoms with Gasteiger partial charge in [-0.2, -0.15) is 5.26 Å². The van der Waals surface area contributed by atoms with Crippen molar-refractivity contribution in [3.63, 3.8) is 0 Å². The summed E-state index contributed by atoms with van der Waals surface area (Å²) in [6, 6.07) is 17.5. The molecule has 1 saturated heterocycles. The summed E-state index contributed by atoms with van der Waals surface area (Å²) in [7, 11) is 0. The maximum Gasteiger partial charge on any atom is 0.137 e. The topological polar surface area (TPSA) is 62.3 Å². The molecule has 0 radical (unpaired) electrons. The first kappa shape index (κ1) is 17.3. The number of likely N-dealkylation sites (tertiary alicyclic amines) is 1. The summed E-state index contributed by atoms with van der Waals surface area (Å²) in [6.45, 7) is 2.71. The molecule has 136 valence electrons. The van der Waals surface area contributed by atoms with Crippen LogP contribution in [0, 0.1) is 11.3 Å². The van der Waals surface area contributed by atoms with Crippen LogP contribution in [0.2, 0.25) is 0 Å². The van der Waals surface area contributed by atoms with E-state index >= 15 is 0 Å². The molecule has 0 atom stereocenters. The van der Waals surface area contributed by atoms with Crippen molar-refractivity contribution in [2.75, 3.05) is 13.1 Å². The summed E-state index contributed by atoms with van der Waals surface area (Å²) in [4.78, 5) is 6.47. The Balaban J connectivity index is 1.33. The molecule has 0 N–H and O–H groups in total. The number of piperidine rings is 1. The molecule has 4 rings (SSSR count). The van der Waals surface area contributed by atoms with Crippen LogP contribution in [0.3, 0.4) is 0 Å². The number of aromatic nitrogens is 1. The minimum absolute atomic E-state index is 0.236. The van der Waals surface area contributed by atoms with Gasteiger partial charge in [0.1, 0.15) is 23.4 Å². The third-order valence-corrected chi connectivity index (χ3v) is 4.83. The van der Waals surface area contributed by atoms with Crippen LogP contribution in [0.5, 0.6) is 5.75 Å². The molecule has 27 heavy (non-hydrogen) atoms. The molecule has 0 saturated carbocycles. The summed E-state index contributed by atoms with van der Waals surface area (Å²) in [5, 5.41) is 9.26. The van der Waals surface area contributed by atoms with Gasteiger partial charge in [0.25, 0.3) is 0 Å². The summed E-state index contributed by atoms with van der Waals surface area (Å²) < 4.78 is 12.0. The van der Waals surface area contributed by atoms with Gasteiger partial charge in [0.2, 0.25) is 0 Å². The van der Waals surface area contributed by atoms with Crippen molar-refractivity contribution in [1.82, 2.24) is 9.88 Å². The first-order chi connectivity index (χ1) is 13.3. The van der Waals surface area contributed by atoms with Gasteiger partial charge in [0, 0.05) is 24.8 Å². The van der Waals surface area contributed by atoms with Gasteiger partial charge in [-0.3, -0.25) is 9.88 Å². The van der Waals surface area contributed by atoms with Crippen LogP contribution < -0.4 is 4.74 Å². The monoisotopic (exact) mass is 359 g/mol. The van der Waals surface area contributed by atoms with Gasteiger partial charge in [0.05, 0.1) is 24.4 Å². The molecule has 2 aromatic heterocycles. The van der Waals surface area contributed by atoms with Gasteiger partial charge >= 0.3 is 0 Å². The molecule has 0 aliphatic carbocycles. The molecule has 1 aliphatic rings. The minimum atomic E-state index is 0.236. The lowest BCUT2D eigenvalue weighted by Gasteiger charge is -2.31. The molecule has 5 nitrogen and oxygen atoms in total. The second-order valence-corrected chi connectivity index (χ2v) is 6.71. The zero-order valence-electron chi connectivity index (χ0n) is 15.0. The van der Waals surface area contributed by atoms with Gasteiger partial charge in [-0.15, -0.1) is 0 Å². The molecular formula is C22H21N3O2. The Morgan fingerprint density at radius 2 is 1.96 bits per heavy atom. The van der Waals surface area contributed by atoms with E-state index in [-0.39, 0.29) is 6.10 Å². The standard InChI is InChI=1S/C22H21N3O2/c23-14-17-4-1-2-6-21(17)22-8-7-20(27-22)16-25-12-9-18(10-13-25)26-19-5-3-11-24-15-19/h1-8,11,15,18H,9-10,12-13,16H2. The fraction of sp³-hybridized carbons (Fsp3) is 0.273. The fourth-order valence-corrected chi connectivity index (χ4v) is 3.42. The lowest BCUT2D eigenvalue weighted by atomic mass is 10.1. The fourth-order valence-electron chi connectivity index (χ4n) is 3.42. The third kappa shape index (κ3) is 4.18. The maximum absolute atomic E-state index is 9.26. The van der Waals surface area contributed by atoms with Gasteiger partial charge in [-0.05, 0) is 49.2 Å². The van der Waals surface area contributed by atoms with E-state index in [0.29, 0.717) is 5.56 Å². The Labute approximate surface area is 158 Å². The predicted octanol–water partition coefficient (Wildman–Crippen LogP) is 4.26. The van der Waals surface area contributed by atoms with E-state index < -0.39 is 0 Å². The summed E-state index contributed by atoms with van der Waals surface area (Å²) >= 11 is 0. The van der Waals surface area contributed by atoms with Crippen LogP contribution in [-0.2, 0) is 6.54 Å². The van der Waals surface area contributed by atoms with Gasteiger partial charge in [-0.1, -0.05) is 12.1 Å². The number of nitrogens with zero attached hydrogens (tertiary/aromatic N) is 3. The lowest BCUT2D eigenvalue weighted by Crippen LogP contribution is -2.37. The van der Waals surface area contributed by atoms with Gasteiger partial charge < -0.3 is 9.15 Å². The number of benzene rings is 1. The van der Waals surface area contributed by atoms with Crippen LogP contribution in [0.1, 0.15) is 24.2 Å². The first-order valence-corrected chi connectivity index (χ1v) is 9.19. The number of pyridine rings is 1. The van der Waals surface area contributed by atoms with Crippen molar-refractivity contribution >= 4 is 0 Å². The van der Waals surface area contributed by atoms with E-state index in [1.54, 1.807) is 12.4 Å². The zero-order chi connectivity index (χ0) is 18.5. The van der Waals surface area contributed by atoms with Crippen LogP contribution in [-0.4, -0.2) is 29.1 Å². The van der Waals surface area contributed by atoms with E-state index in [4.69, 9.17) is 9.15 Å². The van der Waals surface area contributed by atoms with E-state index in [1.807, 2.05) is 48.5 Å². The smallest absolute Gasteiger partial charge is 0.137 e. The SMILES string of the molecule is N#Cc1ccccc1-c1ccc(CN2CCC(Oc3cccnc3)CC2)o1. The quantitative estimate of drug-likeness (QED) is 0.681. The van der Waals surface area contributed by atoms with Crippen LogP contribution >= 0.6 is 0 Å². The maximum atomic E-state index is 9.26. The molecule has 1 aromatic carbocycles. The number of ether oxygens (including phenoxy) is 1. The van der Waals surface area contributed by atoms with Crippen molar-refractivity contribution in [2.24, 2.45) is 0 Å². The van der Waals surface area contributed by atoms with Crippen LogP contribution in [0.15, 0.2) is 65.3 Å². The van der Waals surface area contributed by atoms with Crippen LogP contribution in [0.25, 0.3) is 11.3 Å². The number of nitriles is 1. The minimum Gasteiger partial charge on any atom is -0.489 e. The number of hydrogen-bond donors (Lipinski definition) is 0. The van der Waals surface area contributed by atoms with Crippen molar-refractivity contribution in [1.29, 1.82) is 5.26 Å². The van der Waals surface area contributed by atoms with E-state index in [1.165, 1.54) is 0 Å². The first-order valence-electron chi connectivity index (χ1n) is 9.19. The molecule has 1 fully saturated rings. The summed E-state index contributed by atoms with van der Waals surface area (Å²) in [5.74, 6) is 2.50. The molecule has 3 heterocycles. The molecule has 1 aliphatic heterocycles. The van der Waals surface area contributed by atoms with E-state index in [9.17, 15) is 5.26 Å². The normalized spacial score (nSPS) is 15.4. The molecule has 0 bridgehead atoms. The second-order valence-electron chi connectivity index (χ2n) is 6.71. The van der Waals surface area contributed by atoms with Crippen molar-refractivity contribution in [3.8, 4) is 23.1 Å². The average molecular weight is 359 g/mol. The Morgan fingerprint density at radius 3 is 2.74 bits per heavy atom. The lowest BCUT2D eigenvalue weighted by molar-refractivity contribution is 0.0927. The van der Waals surface area contributed by atoms with Gasteiger partial charge in [-0.25, -0.2) is 0 Å². The number of furan rings is 1. The Kier molecular flexibility index (Phi) is 5.17. The molecule has 5 heteroatoms. The largest absolute Gasteiger partial charge is 0.489 e.